The van der Waals surface area contributed by atoms with Crippen molar-refractivity contribution < 1.29 is 8.83 Å². The van der Waals surface area contributed by atoms with Crippen LogP contribution in [-0.4, -0.2) is 9.55 Å². The quantitative estimate of drug-likeness (QED) is 0.218. The summed E-state index contributed by atoms with van der Waals surface area (Å²) in [7, 11) is 0. The summed E-state index contributed by atoms with van der Waals surface area (Å²) >= 11 is 0. The molecule has 0 atom stereocenters. The van der Waals surface area contributed by atoms with Crippen LogP contribution in [0.25, 0.3) is 83.3 Å². The van der Waals surface area contributed by atoms with E-state index >= 15 is 0 Å². The Morgan fingerprint density at radius 1 is 0.488 bits per heavy atom. The Hall–Kier alpha value is -5.87. The van der Waals surface area contributed by atoms with Gasteiger partial charge in [-0.25, -0.2) is 4.98 Å². The van der Waals surface area contributed by atoms with Gasteiger partial charge in [-0.3, -0.25) is 4.57 Å². The van der Waals surface area contributed by atoms with Crippen LogP contribution < -0.4 is 0 Å². The Kier molecular flexibility index (Phi) is 5.16. The summed E-state index contributed by atoms with van der Waals surface area (Å²) in [6.07, 6.45) is 1.83. The van der Waals surface area contributed by atoms with Crippen molar-refractivity contribution in [2.45, 2.75) is 0 Å². The lowest BCUT2D eigenvalue weighted by Gasteiger charge is -2.10. The predicted octanol–water partition coefficient (Wildman–Crippen LogP) is 10.7. The number of rotatable bonds is 4. The van der Waals surface area contributed by atoms with Crippen molar-refractivity contribution in [3.63, 3.8) is 0 Å². The van der Waals surface area contributed by atoms with E-state index in [4.69, 9.17) is 13.8 Å². The highest BCUT2D eigenvalue weighted by Gasteiger charge is 2.19. The van der Waals surface area contributed by atoms with Crippen molar-refractivity contribution in [2.24, 2.45) is 0 Å². The van der Waals surface area contributed by atoms with Gasteiger partial charge in [0.05, 0.1) is 16.6 Å². The van der Waals surface area contributed by atoms with E-state index in [-0.39, 0.29) is 0 Å². The van der Waals surface area contributed by atoms with Gasteiger partial charge in [-0.05, 0) is 76.9 Å². The number of imidazole rings is 1. The second-order valence-corrected chi connectivity index (χ2v) is 10.8. The molecule has 0 saturated carbocycles. The number of hydrogen-bond acceptors (Lipinski definition) is 3. The molecule has 0 aliphatic carbocycles. The SMILES string of the molecule is c1ccc(-c2ccc(-n3c(-c4coc5ccc(-c6ccc7oc8ccccc8c7c6)cc45)nc4ccccc43)cc2)cc1. The third kappa shape index (κ3) is 3.81. The molecule has 9 aromatic rings. The van der Waals surface area contributed by atoms with Gasteiger partial charge < -0.3 is 8.83 Å². The van der Waals surface area contributed by atoms with Crippen LogP contribution in [0, 0.1) is 0 Å². The first kappa shape index (κ1) is 23.8. The number of furan rings is 2. The first-order chi connectivity index (χ1) is 21.3. The maximum absolute atomic E-state index is 6.11. The smallest absolute Gasteiger partial charge is 0.149 e. The number of hydrogen-bond donors (Lipinski definition) is 0. The van der Waals surface area contributed by atoms with Crippen LogP contribution in [-0.2, 0) is 0 Å². The van der Waals surface area contributed by atoms with E-state index in [1.54, 1.807) is 0 Å². The van der Waals surface area contributed by atoms with E-state index in [0.717, 1.165) is 72.1 Å². The molecule has 0 saturated heterocycles. The second kappa shape index (κ2) is 9.33. The van der Waals surface area contributed by atoms with Crippen molar-refractivity contribution in [3.05, 3.63) is 146 Å². The summed E-state index contributed by atoms with van der Waals surface area (Å²) in [6, 6.07) is 48.3. The van der Waals surface area contributed by atoms with E-state index in [0.29, 0.717) is 0 Å². The van der Waals surface area contributed by atoms with Crippen LogP contribution in [0.5, 0.6) is 0 Å². The molecule has 0 unspecified atom stereocenters. The lowest BCUT2D eigenvalue weighted by molar-refractivity contribution is 0.616. The van der Waals surface area contributed by atoms with E-state index < -0.39 is 0 Å². The standard InChI is InChI=1S/C39H24N2O2/c1-2-8-25(9-3-1)26-14-18-29(19-15-26)41-35-12-6-5-11-34(35)40-39(41)33-24-42-36-20-16-27(23-32(33)36)28-17-21-38-31(22-28)30-10-4-7-13-37(30)43-38/h1-24H. The molecule has 0 fully saturated rings. The van der Waals surface area contributed by atoms with E-state index in [9.17, 15) is 0 Å². The minimum atomic E-state index is 0.826. The zero-order chi connectivity index (χ0) is 28.3. The maximum Gasteiger partial charge on any atom is 0.149 e. The van der Waals surface area contributed by atoms with Crippen LogP contribution in [0.2, 0.25) is 0 Å². The summed E-state index contributed by atoms with van der Waals surface area (Å²) in [5.74, 6) is 0.848. The minimum absolute atomic E-state index is 0.826. The molecule has 3 heterocycles. The highest BCUT2D eigenvalue weighted by atomic mass is 16.3. The molecule has 0 aliphatic rings. The first-order valence-electron chi connectivity index (χ1n) is 14.4. The Morgan fingerprint density at radius 3 is 2.00 bits per heavy atom. The largest absolute Gasteiger partial charge is 0.464 e. The number of fused-ring (bicyclic) bond motifs is 5. The fourth-order valence-corrected chi connectivity index (χ4v) is 6.19. The lowest BCUT2D eigenvalue weighted by Crippen LogP contribution is -1.97. The summed E-state index contributed by atoms with van der Waals surface area (Å²) < 4.78 is 14.4. The average Bonchev–Trinajstić information content (AvgIpc) is 3.77. The van der Waals surface area contributed by atoms with Gasteiger partial charge in [-0.2, -0.15) is 0 Å². The number of nitrogens with zero attached hydrogens (tertiary/aromatic N) is 2. The molecular formula is C39H24N2O2. The average molecular weight is 553 g/mol. The summed E-state index contributed by atoms with van der Waals surface area (Å²) in [4.78, 5) is 5.12. The molecule has 3 aromatic heterocycles. The van der Waals surface area contributed by atoms with Gasteiger partial charge >= 0.3 is 0 Å². The maximum atomic E-state index is 6.11. The highest BCUT2D eigenvalue weighted by Crippen LogP contribution is 2.38. The Morgan fingerprint density at radius 2 is 1.14 bits per heavy atom. The minimum Gasteiger partial charge on any atom is -0.464 e. The van der Waals surface area contributed by atoms with Crippen molar-refractivity contribution in [1.82, 2.24) is 9.55 Å². The van der Waals surface area contributed by atoms with E-state index in [2.05, 4.69) is 114 Å². The Bertz CT molecular complexity index is 2440. The monoisotopic (exact) mass is 552 g/mol. The molecule has 0 aliphatic heterocycles. The van der Waals surface area contributed by atoms with Crippen LogP contribution >= 0.6 is 0 Å². The van der Waals surface area contributed by atoms with Gasteiger partial charge in [0.25, 0.3) is 0 Å². The molecule has 0 N–H and O–H groups in total. The molecule has 0 radical (unpaired) electrons. The zero-order valence-electron chi connectivity index (χ0n) is 23.1. The van der Waals surface area contributed by atoms with Crippen LogP contribution in [0.1, 0.15) is 0 Å². The molecule has 202 valence electrons. The van der Waals surface area contributed by atoms with Crippen LogP contribution in [0.15, 0.2) is 155 Å². The molecule has 43 heavy (non-hydrogen) atoms. The fourth-order valence-electron chi connectivity index (χ4n) is 6.19. The van der Waals surface area contributed by atoms with E-state index in [1.807, 2.05) is 36.6 Å². The van der Waals surface area contributed by atoms with Crippen molar-refractivity contribution in [2.75, 3.05) is 0 Å². The van der Waals surface area contributed by atoms with Gasteiger partial charge in [0.1, 0.15) is 28.8 Å². The number of aromatic nitrogens is 2. The third-order valence-corrected chi connectivity index (χ3v) is 8.32. The summed E-state index contributed by atoms with van der Waals surface area (Å²) in [6.45, 7) is 0. The first-order valence-corrected chi connectivity index (χ1v) is 14.4. The lowest BCUT2D eigenvalue weighted by atomic mass is 10.0. The normalized spacial score (nSPS) is 11.7. The van der Waals surface area contributed by atoms with Gasteiger partial charge in [0.2, 0.25) is 0 Å². The molecule has 0 bridgehead atoms. The van der Waals surface area contributed by atoms with Gasteiger partial charge in [0, 0.05) is 21.8 Å². The fraction of sp³-hybridized carbons (Fsp3) is 0. The zero-order valence-corrected chi connectivity index (χ0v) is 23.1. The number of para-hydroxylation sites is 3. The Labute approximate surface area is 247 Å². The molecule has 6 aromatic carbocycles. The number of benzene rings is 6. The molecule has 4 heteroatoms. The van der Waals surface area contributed by atoms with Gasteiger partial charge in [0.15, 0.2) is 0 Å². The van der Waals surface area contributed by atoms with Crippen molar-refractivity contribution in [3.8, 4) is 39.3 Å². The van der Waals surface area contributed by atoms with Gasteiger partial charge in [-0.1, -0.05) is 84.9 Å². The molecule has 0 spiro atoms. The predicted molar refractivity (Wildman–Crippen MR) is 174 cm³/mol. The van der Waals surface area contributed by atoms with E-state index in [1.165, 1.54) is 11.1 Å². The topological polar surface area (TPSA) is 44.1 Å². The molecule has 9 rings (SSSR count). The molecule has 0 amide bonds. The highest BCUT2D eigenvalue weighted by molar-refractivity contribution is 6.06. The van der Waals surface area contributed by atoms with Crippen LogP contribution in [0.3, 0.4) is 0 Å². The van der Waals surface area contributed by atoms with Crippen molar-refractivity contribution in [1.29, 1.82) is 0 Å². The molecular weight excluding hydrogens is 528 g/mol. The Balaban J connectivity index is 1.20. The third-order valence-electron chi connectivity index (χ3n) is 8.32. The van der Waals surface area contributed by atoms with Gasteiger partial charge in [-0.15, -0.1) is 0 Å². The molecule has 4 nitrogen and oxygen atoms in total. The van der Waals surface area contributed by atoms with Crippen LogP contribution in [0.4, 0.5) is 0 Å². The van der Waals surface area contributed by atoms with Crippen molar-refractivity contribution >= 4 is 43.9 Å². The summed E-state index contributed by atoms with van der Waals surface area (Å²) in [5, 5.41) is 3.25. The summed E-state index contributed by atoms with van der Waals surface area (Å²) in [5.41, 5.74) is 11.2. The second-order valence-electron chi connectivity index (χ2n) is 10.8.